The lowest BCUT2D eigenvalue weighted by Gasteiger charge is -2.02. The lowest BCUT2D eigenvalue weighted by atomic mass is 10.1. The predicted molar refractivity (Wildman–Crippen MR) is 37.3 cm³/mol. The van der Waals surface area contributed by atoms with Crippen LogP contribution in [-0.4, -0.2) is 23.2 Å². The predicted octanol–water partition coefficient (Wildman–Crippen LogP) is 0.672. The SMILES string of the molecule is CC(CCCO)C[N+](=O)[O-]. The Morgan fingerprint density at radius 1 is 1.70 bits per heavy atom. The molecule has 4 nitrogen and oxygen atoms in total. The Hall–Kier alpha value is -0.640. The summed E-state index contributed by atoms with van der Waals surface area (Å²) in [6.07, 6.45) is 1.40. The van der Waals surface area contributed by atoms with Crippen LogP contribution in [0, 0.1) is 16.0 Å². The highest BCUT2D eigenvalue weighted by Crippen LogP contribution is 2.03. The van der Waals surface area contributed by atoms with Gasteiger partial charge in [-0.3, -0.25) is 10.1 Å². The Balaban J connectivity index is 3.25. The number of hydrogen-bond donors (Lipinski definition) is 1. The summed E-state index contributed by atoms with van der Waals surface area (Å²) in [5, 5.41) is 18.3. The Labute approximate surface area is 60.0 Å². The largest absolute Gasteiger partial charge is 0.396 e. The summed E-state index contributed by atoms with van der Waals surface area (Å²) in [6.45, 7) is 1.96. The molecule has 0 saturated heterocycles. The Kier molecular flexibility index (Phi) is 4.84. The quantitative estimate of drug-likeness (QED) is 0.459. The first-order chi connectivity index (χ1) is 4.66. The molecule has 0 aromatic carbocycles. The van der Waals surface area contributed by atoms with E-state index in [2.05, 4.69) is 0 Å². The van der Waals surface area contributed by atoms with E-state index in [1.165, 1.54) is 0 Å². The van der Waals surface area contributed by atoms with E-state index in [1.54, 1.807) is 0 Å². The molecule has 0 aliphatic rings. The van der Waals surface area contributed by atoms with Crippen molar-refractivity contribution < 1.29 is 10.0 Å². The van der Waals surface area contributed by atoms with E-state index in [1.807, 2.05) is 6.92 Å². The third kappa shape index (κ3) is 5.50. The first kappa shape index (κ1) is 9.36. The maximum atomic E-state index is 9.92. The molecular weight excluding hydrogens is 134 g/mol. The number of nitrogens with zero attached hydrogens (tertiary/aromatic N) is 1. The van der Waals surface area contributed by atoms with E-state index in [0.717, 1.165) is 6.42 Å². The minimum Gasteiger partial charge on any atom is -0.396 e. The molecule has 0 bridgehead atoms. The molecule has 1 N–H and O–H groups in total. The van der Waals surface area contributed by atoms with Gasteiger partial charge in [0, 0.05) is 17.4 Å². The third-order valence-corrected chi connectivity index (χ3v) is 1.32. The molecular formula is C6H13NO3. The second-order valence-electron chi connectivity index (χ2n) is 2.49. The van der Waals surface area contributed by atoms with Crippen molar-refractivity contribution in [3.05, 3.63) is 10.1 Å². The van der Waals surface area contributed by atoms with Crippen molar-refractivity contribution in [1.29, 1.82) is 0 Å². The minimum absolute atomic E-state index is 0.0139. The fourth-order valence-electron chi connectivity index (χ4n) is 0.786. The zero-order valence-corrected chi connectivity index (χ0v) is 6.12. The Morgan fingerprint density at radius 3 is 2.70 bits per heavy atom. The lowest BCUT2D eigenvalue weighted by molar-refractivity contribution is -0.487. The van der Waals surface area contributed by atoms with Crippen LogP contribution in [0.15, 0.2) is 0 Å². The summed E-state index contributed by atoms with van der Waals surface area (Å²) in [6, 6.07) is 0. The zero-order chi connectivity index (χ0) is 7.98. The number of nitro groups is 1. The summed E-state index contributed by atoms with van der Waals surface area (Å²) in [5.74, 6) is 0.0853. The molecule has 1 atom stereocenters. The maximum Gasteiger partial charge on any atom is 0.206 e. The molecule has 0 heterocycles. The van der Waals surface area contributed by atoms with Gasteiger partial charge in [0.1, 0.15) is 0 Å². The highest BCUT2D eigenvalue weighted by atomic mass is 16.6. The van der Waals surface area contributed by atoms with Crippen LogP contribution in [0.25, 0.3) is 0 Å². The van der Waals surface area contributed by atoms with Crippen molar-refractivity contribution >= 4 is 0 Å². The van der Waals surface area contributed by atoms with Gasteiger partial charge in [-0.2, -0.15) is 0 Å². The second kappa shape index (κ2) is 5.17. The lowest BCUT2D eigenvalue weighted by Crippen LogP contribution is -2.11. The van der Waals surface area contributed by atoms with Crippen LogP contribution in [0.3, 0.4) is 0 Å². The Bertz CT molecular complexity index is 105. The maximum absolute atomic E-state index is 9.92. The molecule has 0 aromatic rings. The van der Waals surface area contributed by atoms with Crippen molar-refractivity contribution in [1.82, 2.24) is 0 Å². The summed E-state index contributed by atoms with van der Waals surface area (Å²) in [7, 11) is 0. The number of aliphatic hydroxyl groups excluding tert-OH is 1. The monoisotopic (exact) mass is 147 g/mol. The van der Waals surface area contributed by atoms with Crippen molar-refractivity contribution in [2.24, 2.45) is 5.92 Å². The van der Waals surface area contributed by atoms with Gasteiger partial charge in [0.2, 0.25) is 6.54 Å². The molecule has 0 aromatic heterocycles. The van der Waals surface area contributed by atoms with Crippen LogP contribution < -0.4 is 0 Å². The molecule has 0 rings (SSSR count). The van der Waals surface area contributed by atoms with E-state index in [4.69, 9.17) is 5.11 Å². The molecule has 60 valence electrons. The van der Waals surface area contributed by atoms with E-state index in [-0.39, 0.29) is 24.0 Å². The molecule has 0 fully saturated rings. The smallest absolute Gasteiger partial charge is 0.206 e. The van der Waals surface area contributed by atoms with Gasteiger partial charge < -0.3 is 5.11 Å². The van der Waals surface area contributed by atoms with Crippen LogP contribution in [-0.2, 0) is 0 Å². The van der Waals surface area contributed by atoms with E-state index < -0.39 is 0 Å². The standard InChI is InChI=1S/C6H13NO3/c1-6(3-2-4-8)5-7(9)10/h6,8H,2-5H2,1H3. The van der Waals surface area contributed by atoms with Crippen molar-refractivity contribution in [3.8, 4) is 0 Å². The molecule has 4 heteroatoms. The fraction of sp³-hybridized carbons (Fsp3) is 1.00. The molecule has 0 aliphatic carbocycles. The molecule has 0 amide bonds. The summed E-state index contributed by atoms with van der Waals surface area (Å²) in [5.41, 5.74) is 0. The average Bonchev–Trinajstić information content (AvgIpc) is 1.82. The van der Waals surface area contributed by atoms with Gasteiger partial charge in [-0.15, -0.1) is 0 Å². The van der Waals surface area contributed by atoms with Crippen molar-refractivity contribution in [3.63, 3.8) is 0 Å². The molecule has 0 radical (unpaired) electrons. The van der Waals surface area contributed by atoms with Crippen LogP contribution >= 0.6 is 0 Å². The molecule has 1 unspecified atom stereocenters. The summed E-state index contributed by atoms with van der Waals surface area (Å²) < 4.78 is 0. The van der Waals surface area contributed by atoms with Gasteiger partial charge >= 0.3 is 0 Å². The number of aliphatic hydroxyl groups is 1. The highest BCUT2D eigenvalue weighted by molar-refractivity contribution is 4.49. The number of hydrogen-bond acceptors (Lipinski definition) is 3. The van der Waals surface area contributed by atoms with Gasteiger partial charge in [0.15, 0.2) is 0 Å². The topological polar surface area (TPSA) is 63.4 Å². The minimum atomic E-state index is -0.317. The van der Waals surface area contributed by atoms with E-state index >= 15 is 0 Å². The van der Waals surface area contributed by atoms with Gasteiger partial charge in [0.25, 0.3) is 0 Å². The third-order valence-electron chi connectivity index (χ3n) is 1.32. The first-order valence-corrected chi connectivity index (χ1v) is 3.39. The van der Waals surface area contributed by atoms with Crippen LogP contribution in [0.4, 0.5) is 0 Å². The van der Waals surface area contributed by atoms with Gasteiger partial charge in [-0.25, -0.2) is 0 Å². The van der Waals surface area contributed by atoms with Crippen molar-refractivity contribution in [2.75, 3.05) is 13.2 Å². The van der Waals surface area contributed by atoms with Crippen LogP contribution in [0.2, 0.25) is 0 Å². The second-order valence-corrected chi connectivity index (χ2v) is 2.49. The van der Waals surface area contributed by atoms with Crippen LogP contribution in [0.5, 0.6) is 0 Å². The summed E-state index contributed by atoms with van der Waals surface area (Å²) >= 11 is 0. The van der Waals surface area contributed by atoms with E-state index in [0.29, 0.717) is 6.42 Å². The fourth-order valence-corrected chi connectivity index (χ4v) is 0.786. The summed E-state index contributed by atoms with van der Waals surface area (Å²) in [4.78, 5) is 9.60. The first-order valence-electron chi connectivity index (χ1n) is 3.39. The van der Waals surface area contributed by atoms with Gasteiger partial charge in [-0.1, -0.05) is 6.92 Å². The van der Waals surface area contributed by atoms with E-state index in [9.17, 15) is 10.1 Å². The van der Waals surface area contributed by atoms with Gasteiger partial charge in [0.05, 0.1) is 0 Å². The molecule has 0 aliphatic heterocycles. The normalized spacial score (nSPS) is 13.0. The molecule has 10 heavy (non-hydrogen) atoms. The number of rotatable bonds is 5. The molecule has 0 spiro atoms. The molecule has 0 saturated carbocycles. The van der Waals surface area contributed by atoms with Crippen LogP contribution in [0.1, 0.15) is 19.8 Å². The Morgan fingerprint density at radius 2 is 2.30 bits per heavy atom. The zero-order valence-electron chi connectivity index (χ0n) is 6.12. The highest BCUT2D eigenvalue weighted by Gasteiger charge is 2.07. The average molecular weight is 147 g/mol. The van der Waals surface area contributed by atoms with Crippen molar-refractivity contribution in [2.45, 2.75) is 19.8 Å². The van der Waals surface area contributed by atoms with Gasteiger partial charge in [-0.05, 0) is 12.8 Å².